The first-order valence-corrected chi connectivity index (χ1v) is 16.2. The van der Waals surface area contributed by atoms with Crippen molar-refractivity contribution < 1.29 is 21.6 Å². The Morgan fingerprint density at radius 2 is 1.83 bits per heavy atom. The number of likely N-dealkylation sites (tertiary alicyclic amines) is 1. The van der Waals surface area contributed by atoms with Gasteiger partial charge in [0.05, 0.1) is 34.6 Å². The van der Waals surface area contributed by atoms with Gasteiger partial charge in [0.25, 0.3) is 0 Å². The van der Waals surface area contributed by atoms with E-state index in [2.05, 4.69) is 24.0 Å². The van der Waals surface area contributed by atoms with Gasteiger partial charge in [-0.05, 0) is 80.5 Å². The van der Waals surface area contributed by atoms with Crippen LogP contribution in [-0.4, -0.2) is 64.7 Å². The second-order valence-electron chi connectivity index (χ2n) is 10.2. The zero-order chi connectivity index (χ0) is 25.9. The Bertz CT molecular complexity index is 1330. The number of hydrogen-bond acceptors (Lipinski definition) is 7. The molecule has 36 heavy (non-hydrogen) atoms. The fraction of sp³-hybridized carbons (Fsp3) is 0.519. The number of benzene rings is 2. The van der Waals surface area contributed by atoms with Gasteiger partial charge < -0.3 is 4.74 Å². The second kappa shape index (κ2) is 10.9. The SMILES string of the molecule is C[C@@H]1C[C@H](COc2ccc(S(=O)(=O)CCCS(C)(=O)=O)cc2)CN1C1CCc2c(C#N)cccc2C1. The summed E-state index contributed by atoms with van der Waals surface area (Å²) in [4.78, 5) is 2.77. The lowest BCUT2D eigenvalue weighted by molar-refractivity contribution is 0.164. The van der Waals surface area contributed by atoms with Gasteiger partial charge in [-0.2, -0.15) is 5.26 Å². The fourth-order valence-electron chi connectivity index (χ4n) is 5.56. The summed E-state index contributed by atoms with van der Waals surface area (Å²) in [6.07, 6.45) is 5.22. The molecule has 1 fully saturated rings. The zero-order valence-corrected chi connectivity index (χ0v) is 22.5. The number of nitrogens with zero attached hydrogens (tertiary/aromatic N) is 2. The van der Waals surface area contributed by atoms with E-state index in [1.54, 1.807) is 12.1 Å². The van der Waals surface area contributed by atoms with E-state index in [1.165, 1.54) is 23.3 Å². The number of hydrogen-bond donors (Lipinski definition) is 0. The lowest BCUT2D eigenvalue weighted by Gasteiger charge is -2.35. The maximum atomic E-state index is 12.5. The standard InChI is InChI=1S/C27H34N2O5S2/c1-20-15-21(18-29(20)24-7-12-27-22(16-24)5-3-6-23(27)17-28)19-34-25-8-10-26(11-9-25)36(32,33)14-4-13-35(2,30)31/h3,5-6,8-11,20-21,24H,4,7,12-16,18-19H2,1-2H3/t20-,21+,24?/m1/s1. The third-order valence-corrected chi connectivity index (χ3v) is 10.2. The molecule has 1 aliphatic heterocycles. The van der Waals surface area contributed by atoms with E-state index in [0.717, 1.165) is 44.0 Å². The van der Waals surface area contributed by atoms with Gasteiger partial charge in [0, 0.05) is 30.8 Å². The molecule has 0 radical (unpaired) electrons. The van der Waals surface area contributed by atoms with Gasteiger partial charge in [-0.15, -0.1) is 0 Å². The molecule has 1 heterocycles. The molecule has 2 aliphatic rings. The number of nitriles is 1. The molecule has 4 rings (SSSR count). The second-order valence-corrected chi connectivity index (χ2v) is 14.6. The van der Waals surface area contributed by atoms with Crippen LogP contribution in [0.2, 0.25) is 0 Å². The summed E-state index contributed by atoms with van der Waals surface area (Å²) < 4.78 is 53.5. The normalized spacial score (nSPS) is 22.6. The minimum absolute atomic E-state index is 0.0852. The molecular weight excluding hydrogens is 496 g/mol. The fourth-order valence-corrected chi connectivity index (χ4v) is 7.72. The third kappa shape index (κ3) is 6.47. The van der Waals surface area contributed by atoms with E-state index in [4.69, 9.17) is 4.74 Å². The predicted octanol–water partition coefficient (Wildman–Crippen LogP) is 3.41. The largest absolute Gasteiger partial charge is 0.493 e. The van der Waals surface area contributed by atoms with Gasteiger partial charge in [-0.1, -0.05) is 12.1 Å². The molecule has 0 spiro atoms. The van der Waals surface area contributed by atoms with Crippen LogP contribution < -0.4 is 4.74 Å². The van der Waals surface area contributed by atoms with Crippen LogP contribution in [-0.2, 0) is 32.5 Å². The van der Waals surface area contributed by atoms with Gasteiger partial charge in [-0.3, -0.25) is 4.90 Å². The Morgan fingerprint density at radius 3 is 2.53 bits per heavy atom. The number of rotatable bonds is 9. The van der Waals surface area contributed by atoms with Gasteiger partial charge in [0.2, 0.25) is 0 Å². The Labute approximate surface area is 214 Å². The zero-order valence-electron chi connectivity index (χ0n) is 20.9. The summed E-state index contributed by atoms with van der Waals surface area (Å²) >= 11 is 0. The lowest BCUT2D eigenvalue weighted by Crippen LogP contribution is -2.41. The summed E-state index contributed by atoms with van der Waals surface area (Å²) in [7, 11) is -6.71. The van der Waals surface area contributed by atoms with E-state index >= 15 is 0 Å². The highest BCUT2D eigenvalue weighted by Gasteiger charge is 2.36. The molecule has 1 aliphatic carbocycles. The Morgan fingerprint density at radius 1 is 1.08 bits per heavy atom. The van der Waals surface area contributed by atoms with Crippen molar-refractivity contribution in [1.29, 1.82) is 5.26 Å². The van der Waals surface area contributed by atoms with Crippen molar-refractivity contribution in [3.05, 3.63) is 59.2 Å². The van der Waals surface area contributed by atoms with E-state index < -0.39 is 19.7 Å². The van der Waals surface area contributed by atoms with Crippen molar-refractivity contribution in [2.75, 3.05) is 30.9 Å². The molecule has 0 N–H and O–H groups in total. The lowest BCUT2D eigenvalue weighted by atomic mass is 9.85. The molecule has 7 nitrogen and oxygen atoms in total. The van der Waals surface area contributed by atoms with Crippen molar-refractivity contribution >= 4 is 19.7 Å². The summed E-state index contributed by atoms with van der Waals surface area (Å²) in [6, 6.07) is 15.7. The van der Waals surface area contributed by atoms with Crippen molar-refractivity contribution in [2.24, 2.45) is 5.92 Å². The van der Waals surface area contributed by atoms with Crippen molar-refractivity contribution in [1.82, 2.24) is 4.90 Å². The van der Waals surface area contributed by atoms with Crippen LogP contribution in [0.1, 0.15) is 42.9 Å². The average Bonchev–Trinajstić information content (AvgIpc) is 3.21. The molecule has 9 heteroatoms. The topological polar surface area (TPSA) is 105 Å². The monoisotopic (exact) mass is 530 g/mol. The highest BCUT2D eigenvalue weighted by molar-refractivity contribution is 7.92. The summed E-state index contributed by atoms with van der Waals surface area (Å²) in [5, 5.41) is 9.39. The van der Waals surface area contributed by atoms with Crippen LogP contribution >= 0.6 is 0 Å². The van der Waals surface area contributed by atoms with Crippen LogP contribution in [0.25, 0.3) is 0 Å². The first kappa shape index (κ1) is 26.6. The first-order chi connectivity index (χ1) is 17.1. The quantitative estimate of drug-likeness (QED) is 0.489. The van der Waals surface area contributed by atoms with E-state index in [0.29, 0.717) is 30.4 Å². The van der Waals surface area contributed by atoms with Gasteiger partial charge in [0.1, 0.15) is 15.6 Å². The molecule has 0 aromatic heterocycles. The van der Waals surface area contributed by atoms with Crippen molar-refractivity contribution in [3.8, 4) is 11.8 Å². The van der Waals surface area contributed by atoms with Crippen LogP contribution in [0.5, 0.6) is 5.75 Å². The first-order valence-electron chi connectivity index (χ1n) is 12.5. The molecule has 0 bridgehead atoms. The van der Waals surface area contributed by atoms with E-state index in [-0.39, 0.29) is 22.8 Å². The smallest absolute Gasteiger partial charge is 0.178 e. The van der Waals surface area contributed by atoms with Crippen LogP contribution in [0.15, 0.2) is 47.4 Å². The summed E-state index contributed by atoms with van der Waals surface area (Å²) in [5.41, 5.74) is 3.31. The molecule has 0 amide bonds. The average molecular weight is 531 g/mol. The minimum atomic E-state index is -3.53. The maximum absolute atomic E-state index is 12.5. The number of sulfone groups is 2. The van der Waals surface area contributed by atoms with E-state index in [1.807, 2.05) is 12.1 Å². The number of fused-ring (bicyclic) bond motifs is 1. The molecule has 2 aromatic rings. The molecule has 2 aromatic carbocycles. The summed E-state index contributed by atoms with van der Waals surface area (Å²) in [6.45, 7) is 3.81. The molecule has 0 saturated carbocycles. The highest BCUT2D eigenvalue weighted by Crippen LogP contribution is 2.33. The van der Waals surface area contributed by atoms with Crippen LogP contribution in [0.4, 0.5) is 0 Å². The van der Waals surface area contributed by atoms with Gasteiger partial charge in [0.15, 0.2) is 9.84 Å². The molecule has 1 unspecified atom stereocenters. The van der Waals surface area contributed by atoms with Crippen molar-refractivity contribution in [2.45, 2.75) is 56.0 Å². The highest BCUT2D eigenvalue weighted by atomic mass is 32.2. The Balaban J connectivity index is 1.29. The van der Waals surface area contributed by atoms with Crippen LogP contribution in [0.3, 0.4) is 0 Å². The Kier molecular flexibility index (Phi) is 8.08. The van der Waals surface area contributed by atoms with E-state index in [9.17, 15) is 22.1 Å². The number of ether oxygens (including phenoxy) is 1. The maximum Gasteiger partial charge on any atom is 0.178 e. The molecule has 194 valence electrons. The van der Waals surface area contributed by atoms with Crippen molar-refractivity contribution in [3.63, 3.8) is 0 Å². The molecule has 1 saturated heterocycles. The molecular formula is C27H34N2O5S2. The Hall–Kier alpha value is -2.41. The summed E-state index contributed by atoms with van der Waals surface area (Å²) in [5.74, 6) is 0.691. The van der Waals surface area contributed by atoms with Gasteiger partial charge >= 0.3 is 0 Å². The molecule has 3 atom stereocenters. The van der Waals surface area contributed by atoms with Gasteiger partial charge in [-0.25, -0.2) is 16.8 Å². The predicted molar refractivity (Wildman–Crippen MR) is 140 cm³/mol. The third-order valence-electron chi connectivity index (χ3n) is 7.35. The minimum Gasteiger partial charge on any atom is -0.493 e. The van der Waals surface area contributed by atoms with Crippen LogP contribution in [0, 0.1) is 17.2 Å².